The van der Waals surface area contributed by atoms with Crippen molar-refractivity contribution in [1.82, 2.24) is 19.7 Å². The molecule has 37 heavy (non-hydrogen) atoms. The van der Waals surface area contributed by atoms with Gasteiger partial charge in [-0.05, 0) is 43.2 Å². The summed E-state index contributed by atoms with van der Waals surface area (Å²) in [6.45, 7) is 7.09. The van der Waals surface area contributed by atoms with E-state index in [0.717, 1.165) is 81.7 Å². The van der Waals surface area contributed by atoms with E-state index in [1.165, 1.54) is 0 Å². The largest absolute Gasteiger partial charge is 0.378 e. The molecule has 7 heteroatoms. The lowest BCUT2D eigenvalue weighted by Gasteiger charge is -2.28. The van der Waals surface area contributed by atoms with Crippen molar-refractivity contribution < 1.29 is 4.74 Å². The van der Waals surface area contributed by atoms with Crippen molar-refractivity contribution in [2.24, 2.45) is 7.05 Å². The first kappa shape index (κ1) is 23.1. The SMILES string of the molecule is Cn1nc(-c2ccc(C(C)(C)C#N)cc2)c2c3cc(-c4cncc(N5CCOCC5)c4)ccc3ncc21. The van der Waals surface area contributed by atoms with Crippen LogP contribution in [0.5, 0.6) is 0 Å². The first-order valence-corrected chi connectivity index (χ1v) is 12.5. The van der Waals surface area contributed by atoms with Crippen molar-refractivity contribution in [3.63, 3.8) is 0 Å². The van der Waals surface area contributed by atoms with Gasteiger partial charge in [0.25, 0.3) is 0 Å². The van der Waals surface area contributed by atoms with E-state index < -0.39 is 5.41 Å². The van der Waals surface area contributed by atoms with Crippen molar-refractivity contribution in [3.05, 3.63) is 72.7 Å². The number of hydrogen-bond acceptors (Lipinski definition) is 6. The molecule has 2 aromatic carbocycles. The molecule has 1 aliphatic rings. The lowest BCUT2D eigenvalue weighted by molar-refractivity contribution is 0.122. The fourth-order valence-corrected chi connectivity index (χ4v) is 5.00. The van der Waals surface area contributed by atoms with Crippen LogP contribution in [-0.2, 0) is 17.2 Å². The maximum atomic E-state index is 9.52. The third kappa shape index (κ3) is 4.09. The second kappa shape index (κ2) is 8.99. The molecule has 4 heterocycles. The molecule has 0 radical (unpaired) electrons. The van der Waals surface area contributed by atoms with Gasteiger partial charge >= 0.3 is 0 Å². The van der Waals surface area contributed by atoms with Crippen LogP contribution in [0.3, 0.4) is 0 Å². The Balaban J connectivity index is 1.48. The van der Waals surface area contributed by atoms with Crippen LogP contribution >= 0.6 is 0 Å². The van der Waals surface area contributed by atoms with Crippen molar-refractivity contribution in [1.29, 1.82) is 5.26 Å². The van der Waals surface area contributed by atoms with Gasteiger partial charge in [-0.15, -0.1) is 0 Å². The molecule has 1 fully saturated rings. The summed E-state index contributed by atoms with van der Waals surface area (Å²) in [4.78, 5) is 11.6. The average molecular weight is 489 g/mol. The summed E-state index contributed by atoms with van der Waals surface area (Å²) in [5.74, 6) is 0. The molecule has 5 aromatic rings. The highest BCUT2D eigenvalue weighted by atomic mass is 16.5. The molecule has 0 spiro atoms. The minimum absolute atomic E-state index is 0.542. The summed E-state index contributed by atoms with van der Waals surface area (Å²) in [5, 5.41) is 16.5. The zero-order valence-corrected chi connectivity index (χ0v) is 21.3. The summed E-state index contributed by atoms with van der Waals surface area (Å²) in [5.41, 5.74) is 7.52. The average Bonchev–Trinajstić information content (AvgIpc) is 3.30. The number of aromatic nitrogens is 4. The molecule has 0 N–H and O–H groups in total. The molecule has 0 atom stereocenters. The van der Waals surface area contributed by atoms with Gasteiger partial charge in [0.2, 0.25) is 0 Å². The number of nitrogens with zero attached hydrogens (tertiary/aromatic N) is 6. The first-order valence-electron chi connectivity index (χ1n) is 12.5. The van der Waals surface area contributed by atoms with Gasteiger partial charge in [-0.2, -0.15) is 10.4 Å². The topological polar surface area (TPSA) is 79.9 Å². The van der Waals surface area contributed by atoms with E-state index in [2.05, 4.69) is 52.4 Å². The Morgan fingerprint density at radius 2 is 1.68 bits per heavy atom. The third-order valence-corrected chi connectivity index (χ3v) is 7.28. The Bertz CT molecular complexity index is 1660. The van der Waals surface area contributed by atoms with Crippen LogP contribution in [0, 0.1) is 11.3 Å². The molecule has 1 aliphatic heterocycles. The van der Waals surface area contributed by atoms with Crippen molar-refractivity contribution in [2.45, 2.75) is 19.3 Å². The molecule has 3 aromatic heterocycles. The molecule has 0 aliphatic carbocycles. The van der Waals surface area contributed by atoms with E-state index in [0.29, 0.717) is 0 Å². The molecule has 1 saturated heterocycles. The minimum Gasteiger partial charge on any atom is -0.378 e. The molecule has 0 unspecified atom stereocenters. The standard InChI is InChI=1S/C30H28N6O/c1-30(2,19-31)23-7-4-20(5-8-23)29-28-25-15-21(6-9-26(25)33-18-27(28)35(3)34-29)22-14-24(17-32-16-22)36-10-12-37-13-11-36/h4-9,14-18H,10-13H2,1-3H3. The predicted octanol–water partition coefficient (Wildman–Crippen LogP) is 5.49. The Labute approximate surface area is 216 Å². The Kier molecular flexibility index (Phi) is 5.62. The Morgan fingerprint density at radius 3 is 2.43 bits per heavy atom. The molecule has 7 nitrogen and oxygen atoms in total. The number of fused-ring (bicyclic) bond motifs is 3. The van der Waals surface area contributed by atoms with E-state index in [9.17, 15) is 5.26 Å². The summed E-state index contributed by atoms with van der Waals surface area (Å²) >= 11 is 0. The summed E-state index contributed by atoms with van der Waals surface area (Å²) < 4.78 is 7.40. The Hall–Kier alpha value is -4.28. The number of pyridine rings is 2. The van der Waals surface area contributed by atoms with Crippen LogP contribution in [0.15, 0.2) is 67.1 Å². The normalized spacial score (nSPS) is 14.3. The molecule has 0 amide bonds. The lowest BCUT2D eigenvalue weighted by Crippen LogP contribution is -2.36. The maximum absolute atomic E-state index is 9.52. The van der Waals surface area contributed by atoms with E-state index in [1.54, 1.807) is 0 Å². The fraction of sp³-hybridized carbons (Fsp3) is 0.267. The molecule has 0 saturated carbocycles. The van der Waals surface area contributed by atoms with Gasteiger partial charge in [-0.25, -0.2) is 0 Å². The van der Waals surface area contributed by atoms with Crippen LogP contribution in [0.1, 0.15) is 19.4 Å². The van der Waals surface area contributed by atoms with Gasteiger partial charge in [0.1, 0.15) is 5.69 Å². The number of hydrogen-bond donors (Lipinski definition) is 0. The second-order valence-corrected chi connectivity index (χ2v) is 10.1. The van der Waals surface area contributed by atoms with E-state index in [4.69, 9.17) is 14.8 Å². The van der Waals surface area contributed by atoms with Crippen LogP contribution in [0.4, 0.5) is 5.69 Å². The van der Waals surface area contributed by atoms with Crippen LogP contribution in [0.2, 0.25) is 0 Å². The quantitative estimate of drug-likeness (QED) is 0.333. The number of anilines is 1. The van der Waals surface area contributed by atoms with Crippen molar-refractivity contribution in [2.75, 3.05) is 31.2 Å². The number of benzene rings is 2. The van der Waals surface area contributed by atoms with Gasteiger partial charge in [-0.3, -0.25) is 14.6 Å². The van der Waals surface area contributed by atoms with E-state index in [1.807, 2.05) is 56.3 Å². The number of ether oxygens (including phenoxy) is 1. The zero-order chi connectivity index (χ0) is 25.6. The molecular weight excluding hydrogens is 460 g/mol. The fourth-order valence-electron chi connectivity index (χ4n) is 5.00. The van der Waals surface area contributed by atoms with Gasteiger partial charge < -0.3 is 9.64 Å². The van der Waals surface area contributed by atoms with Crippen LogP contribution in [0.25, 0.3) is 44.2 Å². The first-order chi connectivity index (χ1) is 17.9. The van der Waals surface area contributed by atoms with Crippen molar-refractivity contribution >= 4 is 27.5 Å². The number of rotatable bonds is 4. The van der Waals surface area contributed by atoms with Crippen LogP contribution < -0.4 is 4.90 Å². The zero-order valence-electron chi connectivity index (χ0n) is 21.3. The summed E-state index contributed by atoms with van der Waals surface area (Å²) in [7, 11) is 1.95. The smallest absolute Gasteiger partial charge is 0.101 e. The molecular formula is C30H28N6O. The lowest BCUT2D eigenvalue weighted by atomic mass is 9.86. The number of aryl methyl sites for hydroxylation is 1. The summed E-state index contributed by atoms with van der Waals surface area (Å²) in [6, 6.07) is 19.1. The van der Waals surface area contributed by atoms with E-state index in [-0.39, 0.29) is 0 Å². The van der Waals surface area contributed by atoms with Gasteiger partial charge in [0.05, 0.1) is 53.8 Å². The van der Waals surface area contributed by atoms with Crippen molar-refractivity contribution in [3.8, 4) is 28.5 Å². The highest BCUT2D eigenvalue weighted by Gasteiger charge is 2.21. The Morgan fingerprint density at radius 1 is 0.919 bits per heavy atom. The monoisotopic (exact) mass is 488 g/mol. The maximum Gasteiger partial charge on any atom is 0.101 e. The molecule has 0 bridgehead atoms. The molecule has 6 rings (SSSR count). The highest BCUT2D eigenvalue weighted by Crippen LogP contribution is 2.36. The molecule has 184 valence electrons. The minimum atomic E-state index is -0.542. The third-order valence-electron chi connectivity index (χ3n) is 7.28. The number of morpholine rings is 1. The van der Waals surface area contributed by atoms with Crippen LogP contribution in [-0.4, -0.2) is 46.1 Å². The van der Waals surface area contributed by atoms with E-state index >= 15 is 0 Å². The van der Waals surface area contributed by atoms with Gasteiger partial charge in [0.15, 0.2) is 0 Å². The van der Waals surface area contributed by atoms with Gasteiger partial charge in [-0.1, -0.05) is 30.3 Å². The predicted molar refractivity (Wildman–Crippen MR) is 146 cm³/mol. The number of nitriles is 1. The summed E-state index contributed by atoms with van der Waals surface area (Å²) in [6.07, 6.45) is 5.73. The second-order valence-electron chi connectivity index (χ2n) is 10.1. The highest BCUT2D eigenvalue weighted by molar-refractivity contribution is 6.12. The van der Waals surface area contributed by atoms with Gasteiger partial charge in [0, 0.05) is 48.2 Å².